The Morgan fingerprint density at radius 1 is 1.17 bits per heavy atom. The lowest BCUT2D eigenvalue weighted by atomic mass is 10.0. The molecule has 0 aliphatic carbocycles. The Bertz CT molecular complexity index is 1230. The fraction of sp³-hybridized carbons (Fsp3) is 0.100. The van der Waals surface area contributed by atoms with Crippen molar-refractivity contribution < 1.29 is 22.3 Å². The van der Waals surface area contributed by atoms with Crippen LogP contribution in [0.15, 0.2) is 54.7 Å². The zero-order chi connectivity index (χ0) is 21.2. The summed E-state index contributed by atoms with van der Waals surface area (Å²) in [6, 6.07) is 14.1. The van der Waals surface area contributed by atoms with E-state index in [1.807, 2.05) is 10.8 Å². The van der Waals surface area contributed by atoms with Gasteiger partial charge in [-0.3, -0.25) is 4.79 Å². The molecule has 1 aromatic heterocycles. The molecule has 0 aliphatic rings. The first-order valence-corrected chi connectivity index (χ1v) is 10.2. The zero-order valence-corrected chi connectivity index (χ0v) is 16.3. The van der Waals surface area contributed by atoms with Gasteiger partial charge in [0.15, 0.2) is 0 Å². The average Bonchev–Trinajstić information content (AvgIpc) is 2.97. The van der Waals surface area contributed by atoms with Crippen LogP contribution in [0.3, 0.4) is 0 Å². The second kappa shape index (κ2) is 7.77. The number of halogens is 1. The van der Waals surface area contributed by atoms with Crippen molar-refractivity contribution in [3.05, 3.63) is 71.8 Å². The van der Waals surface area contributed by atoms with Crippen LogP contribution in [0.5, 0.6) is 11.5 Å². The van der Waals surface area contributed by atoms with E-state index in [4.69, 9.17) is 4.74 Å². The number of amides is 1. The minimum Gasteiger partial charge on any atom is -0.457 e. The van der Waals surface area contributed by atoms with Crippen molar-refractivity contribution in [3.63, 3.8) is 0 Å². The van der Waals surface area contributed by atoms with Crippen LogP contribution in [0.2, 0.25) is 0 Å². The van der Waals surface area contributed by atoms with Crippen LogP contribution in [0.4, 0.5) is 4.39 Å². The third kappa shape index (κ3) is 4.62. The number of aromatic nitrogens is 1. The SMILES string of the molecule is Cn1cc(C#N)c(-c2ccc(Oc3cccc(F)c3)cc2)c1C(=O)NS(C)(=O)=O. The number of hydrogen-bond acceptors (Lipinski definition) is 5. The highest BCUT2D eigenvalue weighted by Crippen LogP contribution is 2.31. The molecule has 0 saturated heterocycles. The molecule has 0 unspecified atom stereocenters. The van der Waals surface area contributed by atoms with Gasteiger partial charge in [0.05, 0.1) is 11.8 Å². The molecular formula is C20H16FN3O4S. The Hall–Kier alpha value is -3.64. The molecule has 0 atom stereocenters. The van der Waals surface area contributed by atoms with Gasteiger partial charge < -0.3 is 9.30 Å². The predicted octanol–water partition coefficient (Wildman–Crippen LogP) is 3.18. The first kappa shape index (κ1) is 20.1. The van der Waals surface area contributed by atoms with E-state index < -0.39 is 21.7 Å². The molecule has 148 valence electrons. The van der Waals surface area contributed by atoms with Crippen molar-refractivity contribution in [1.82, 2.24) is 9.29 Å². The highest BCUT2D eigenvalue weighted by molar-refractivity contribution is 7.89. The summed E-state index contributed by atoms with van der Waals surface area (Å²) in [4.78, 5) is 12.5. The Labute approximate surface area is 167 Å². The number of nitrogens with zero attached hydrogens (tertiary/aromatic N) is 2. The fourth-order valence-corrected chi connectivity index (χ4v) is 3.28. The van der Waals surface area contributed by atoms with Gasteiger partial charge in [0, 0.05) is 24.9 Å². The molecule has 0 aliphatic heterocycles. The smallest absolute Gasteiger partial charge is 0.282 e. The Morgan fingerprint density at radius 3 is 2.45 bits per heavy atom. The Kier molecular flexibility index (Phi) is 5.39. The molecule has 9 heteroatoms. The summed E-state index contributed by atoms with van der Waals surface area (Å²) in [5.74, 6) is -0.519. The minimum absolute atomic E-state index is 0.0331. The lowest BCUT2D eigenvalue weighted by molar-refractivity contribution is 0.0974. The second-order valence-corrected chi connectivity index (χ2v) is 8.02. The summed E-state index contributed by atoms with van der Waals surface area (Å²) < 4.78 is 45.1. The van der Waals surface area contributed by atoms with Gasteiger partial charge in [-0.25, -0.2) is 17.5 Å². The highest BCUT2D eigenvalue weighted by atomic mass is 32.2. The molecule has 7 nitrogen and oxygen atoms in total. The van der Waals surface area contributed by atoms with E-state index in [1.54, 1.807) is 37.4 Å². The number of nitrogens with one attached hydrogen (secondary N) is 1. The van der Waals surface area contributed by atoms with Crippen molar-refractivity contribution in [2.24, 2.45) is 7.05 Å². The van der Waals surface area contributed by atoms with E-state index >= 15 is 0 Å². The number of ether oxygens (including phenoxy) is 1. The Morgan fingerprint density at radius 2 is 1.86 bits per heavy atom. The van der Waals surface area contributed by atoms with E-state index in [9.17, 15) is 22.9 Å². The molecule has 0 fully saturated rings. The van der Waals surface area contributed by atoms with E-state index in [0.29, 0.717) is 22.6 Å². The van der Waals surface area contributed by atoms with Crippen LogP contribution in [0, 0.1) is 17.1 Å². The fourth-order valence-electron chi connectivity index (χ4n) is 2.85. The molecule has 0 spiro atoms. The van der Waals surface area contributed by atoms with Gasteiger partial charge in [0.25, 0.3) is 5.91 Å². The molecule has 0 bridgehead atoms. The number of benzene rings is 2. The highest BCUT2D eigenvalue weighted by Gasteiger charge is 2.23. The second-order valence-electron chi connectivity index (χ2n) is 6.28. The molecule has 3 aromatic rings. The summed E-state index contributed by atoms with van der Waals surface area (Å²) in [5.41, 5.74) is 1.07. The van der Waals surface area contributed by atoms with E-state index in [0.717, 1.165) is 6.26 Å². The minimum atomic E-state index is -3.78. The number of carbonyl (C=O) groups excluding carboxylic acids is 1. The van der Waals surface area contributed by atoms with Gasteiger partial charge in [-0.05, 0) is 29.8 Å². The number of rotatable bonds is 5. The number of carbonyl (C=O) groups is 1. The largest absolute Gasteiger partial charge is 0.457 e. The summed E-state index contributed by atoms with van der Waals surface area (Å²) in [7, 11) is -2.23. The van der Waals surface area contributed by atoms with Gasteiger partial charge >= 0.3 is 0 Å². The topological polar surface area (TPSA) is 101 Å². The van der Waals surface area contributed by atoms with Crippen molar-refractivity contribution >= 4 is 15.9 Å². The third-order valence-electron chi connectivity index (χ3n) is 3.97. The molecule has 1 heterocycles. The normalized spacial score (nSPS) is 11.0. The maximum atomic E-state index is 13.3. The molecule has 2 aromatic carbocycles. The van der Waals surface area contributed by atoms with Gasteiger partial charge in [0.1, 0.15) is 29.1 Å². The van der Waals surface area contributed by atoms with Crippen molar-refractivity contribution in [1.29, 1.82) is 5.26 Å². The molecule has 3 rings (SSSR count). The summed E-state index contributed by atoms with van der Waals surface area (Å²) in [6.07, 6.45) is 2.32. The standard InChI is InChI=1S/C20H16FN3O4S/c1-24-12-14(11-22)18(19(24)20(25)23-29(2,26)27)13-6-8-16(9-7-13)28-17-5-3-4-15(21)10-17/h3-10,12H,1-2H3,(H,23,25). The monoisotopic (exact) mass is 413 g/mol. The van der Waals surface area contributed by atoms with Crippen LogP contribution in [0.1, 0.15) is 16.1 Å². The van der Waals surface area contributed by atoms with Crippen molar-refractivity contribution in [2.45, 2.75) is 0 Å². The molecule has 29 heavy (non-hydrogen) atoms. The number of sulfonamides is 1. The lowest BCUT2D eigenvalue weighted by Gasteiger charge is -2.10. The predicted molar refractivity (Wildman–Crippen MR) is 104 cm³/mol. The maximum Gasteiger partial charge on any atom is 0.282 e. The molecular weight excluding hydrogens is 397 g/mol. The van der Waals surface area contributed by atoms with Gasteiger partial charge in [0.2, 0.25) is 10.0 Å². The molecule has 0 radical (unpaired) electrons. The third-order valence-corrected chi connectivity index (χ3v) is 4.53. The average molecular weight is 413 g/mol. The van der Waals surface area contributed by atoms with Gasteiger partial charge in [-0.2, -0.15) is 5.26 Å². The van der Waals surface area contributed by atoms with Gasteiger partial charge in [-0.1, -0.05) is 18.2 Å². The quantitative estimate of drug-likeness (QED) is 0.692. The Balaban J connectivity index is 1.98. The summed E-state index contributed by atoms with van der Waals surface area (Å²) in [5, 5.41) is 9.43. The summed E-state index contributed by atoms with van der Waals surface area (Å²) in [6.45, 7) is 0. The van der Waals surface area contributed by atoms with E-state index in [2.05, 4.69) is 0 Å². The zero-order valence-electron chi connectivity index (χ0n) is 15.5. The number of nitriles is 1. The van der Waals surface area contributed by atoms with Crippen LogP contribution in [-0.4, -0.2) is 25.1 Å². The first-order valence-electron chi connectivity index (χ1n) is 8.33. The number of hydrogen-bond donors (Lipinski definition) is 1. The first-order chi connectivity index (χ1) is 13.7. The van der Waals surface area contributed by atoms with E-state index in [-0.39, 0.29) is 11.3 Å². The van der Waals surface area contributed by atoms with Gasteiger partial charge in [-0.15, -0.1) is 0 Å². The molecule has 1 amide bonds. The lowest BCUT2D eigenvalue weighted by Crippen LogP contribution is -2.31. The molecule has 1 N–H and O–H groups in total. The van der Waals surface area contributed by atoms with Crippen LogP contribution in [-0.2, 0) is 17.1 Å². The maximum absolute atomic E-state index is 13.3. The van der Waals surface area contributed by atoms with Crippen molar-refractivity contribution in [2.75, 3.05) is 6.26 Å². The van der Waals surface area contributed by atoms with Crippen molar-refractivity contribution in [3.8, 4) is 28.7 Å². The molecule has 0 saturated carbocycles. The van der Waals surface area contributed by atoms with E-state index in [1.165, 1.54) is 29.0 Å². The van der Waals surface area contributed by atoms with Crippen LogP contribution < -0.4 is 9.46 Å². The number of aryl methyl sites for hydroxylation is 1. The van der Waals surface area contributed by atoms with Crippen LogP contribution >= 0.6 is 0 Å². The van der Waals surface area contributed by atoms with Crippen LogP contribution in [0.25, 0.3) is 11.1 Å². The summed E-state index contributed by atoms with van der Waals surface area (Å²) >= 11 is 0.